The van der Waals surface area contributed by atoms with Crippen LogP contribution in [0, 0.1) is 17.3 Å². The number of carbonyl (C=O) groups excluding carboxylic acids is 1. The van der Waals surface area contributed by atoms with Crippen molar-refractivity contribution in [2.24, 2.45) is 17.3 Å². The van der Waals surface area contributed by atoms with Crippen LogP contribution >= 0.6 is 0 Å². The van der Waals surface area contributed by atoms with Crippen molar-refractivity contribution in [3.05, 3.63) is 0 Å². The molecule has 1 atom stereocenters. The average molecular weight is 268 g/mol. The maximum absolute atomic E-state index is 11.9. The number of nitrogens with one attached hydrogen (secondary N) is 1. The highest BCUT2D eigenvalue weighted by atomic mass is 16.4. The summed E-state index contributed by atoms with van der Waals surface area (Å²) in [5, 5.41) is 11.9. The molecule has 1 heterocycles. The summed E-state index contributed by atoms with van der Waals surface area (Å²) in [4.78, 5) is 24.5. The van der Waals surface area contributed by atoms with Crippen molar-refractivity contribution in [2.45, 2.75) is 39.5 Å². The first-order valence-corrected chi connectivity index (χ1v) is 7.17. The van der Waals surface area contributed by atoms with Crippen molar-refractivity contribution in [2.75, 3.05) is 19.6 Å². The van der Waals surface area contributed by atoms with Crippen LogP contribution in [0.25, 0.3) is 0 Å². The molecule has 2 aliphatic rings. The Morgan fingerprint density at radius 1 is 1.37 bits per heavy atom. The maximum atomic E-state index is 11.9. The number of hydrogen-bond acceptors (Lipinski definition) is 2. The molecule has 108 valence electrons. The van der Waals surface area contributed by atoms with Crippen molar-refractivity contribution in [1.82, 2.24) is 10.2 Å². The van der Waals surface area contributed by atoms with E-state index in [2.05, 4.69) is 12.2 Å². The molecule has 0 bridgehead atoms. The summed E-state index contributed by atoms with van der Waals surface area (Å²) in [7, 11) is 0. The second kappa shape index (κ2) is 5.39. The highest BCUT2D eigenvalue weighted by molar-refractivity contribution is 5.76. The number of amides is 2. The molecule has 1 unspecified atom stereocenters. The van der Waals surface area contributed by atoms with Gasteiger partial charge in [0, 0.05) is 25.6 Å². The Bertz CT molecular complexity index is 358. The molecule has 5 nitrogen and oxygen atoms in total. The highest BCUT2D eigenvalue weighted by Gasteiger charge is 2.38. The fourth-order valence-electron chi connectivity index (χ4n) is 3.00. The maximum Gasteiger partial charge on any atom is 0.317 e. The summed E-state index contributed by atoms with van der Waals surface area (Å²) in [6.07, 6.45) is 4.89. The van der Waals surface area contributed by atoms with Crippen molar-refractivity contribution in [3.63, 3.8) is 0 Å². The van der Waals surface area contributed by atoms with Crippen LogP contribution in [-0.4, -0.2) is 41.6 Å². The van der Waals surface area contributed by atoms with E-state index in [0.717, 1.165) is 6.54 Å². The Morgan fingerprint density at radius 2 is 1.95 bits per heavy atom. The number of hydrogen-bond donors (Lipinski definition) is 2. The lowest BCUT2D eigenvalue weighted by atomic mass is 9.87. The van der Waals surface area contributed by atoms with Gasteiger partial charge in [-0.05, 0) is 18.3 Å². The quantitative estimate of drug-likeness (QED) is 0.818. The Hall–Kier alpha value is -1.26. The van der Waals surface area contributed by atoms with Gasteiger partial charge in [-0.3, -0.25) is 4.79 Å². The summed E-state index contributed by atoms with van der Waals surface area (Å²) >= 11 is 0. The second-order valence-corrected chi connectivity index (χ2v) is 6.47. The van der Waals surface area contributed by atoms with Crippen LogP contribution in [0.1, 0.15) is 39.5 Å². The molecule has 0 aromatic carbocycles. The zero-order valence-electron chi connectivity index (χ0n) is 11.8. The standard InChI is InChI=1S/C14H24N2O3/c1-10(12(17)18)11-7-16(8-11)13(19)15-9-14(2)5-3-4-6-14/h10-11H,3-9H2,1-2H3,(H,15,19)(H,17,18). The van der Waals surface area contributed by atoms with E-state index in [9.17, 15) is 9.59 Å². The fourth-order valence-corrected chi connectivity index (χ4v) is 3.00. The van der Waals surface area contributed by atoms with Gasteiger partial charge in [-0.15, -0.1) is 0 Å². The van der Waals surface area contributed by atoms with Crippen LogP contribution in [0.3, 0.4) is 0 Å². The lowest BCUT2D eigenvalue weighted by molar-refractivity contribution is -0.144. The zero-order chi connectivity index (χ0) is 14.0. The molecule has 2 N–H and O–H groups in total. The van der Waals surface area contributed by atoms with Crippen LogP contribution in [0.4, 0.5) is 4.79 Å². The predicted octanol–water partition coefficient (Wildman–Crippen LogP) is 1.93. The normalized spacial score (nSPS) is 23.8. The van der Waals surface area contributed by atoms with E-state index in [1.54, 1.807) is 11.8 Å². The molecule has 0 aromatic heterocycles. The largest absolute Gasteiger partial charge is 0.481 e. The van der Waals surface area contributed by atoms with Crippen molar-refractivity contribution in [3.8, 4) is 0 Å². The van der Waals surface area contributed by atoms with Crippen LogP contribution in [0.15, 0.2) is 0 Å². The molecule has 0 radical (unpaired) electrons. The lowest BCUT2D eigenvalue weighted by Gasteiger charge is -2.41. The number of aliphatic carboxylic acids is 1. The highest BCUT2D eigenvalue weighted by Crippen LogP contribution is 2.36. The number of carboxylic acids is 1. The van der Waals surface area contributed by atoms with Gasteiger partial charge in [0.1, 0.15) is 0 Å². The smallest absolute Gasteiger partial charge is 0.317 e. The molecule has 1 aliphatic heterocycles. The Morgan fingerprint density at radius 3 is 2.47 bits per heavy atom. The Labute approximate surface area is 114 Å². The van der Waals surface area contributed by atoms with Crippen LogP contribution < -0.4 is 5.32 Å². The minimum Gasteiger partial charge on any atom is -0.481 e. The van der Waals surface area contributed by atoms with Gasteiger partial charge in [-0.1, -0.05) is 26.7 Å². The third-order valence-electron chi connectivity index (χ3n) is 4.77. The molecule has 19 heavy (non-hydrogen) atoms. The van der Waals surface area contributed by atoms with Gasteiger partial charge in [-0.25, -0.2) is 4.79 Å². The summed E-state index contributed by atoms with van der Waals surface area (Å²) < 4.78 is 0. The third-order valence-corrected chi connectivity index (χ3v) is 4.77. The van der Waals surface area contributed by atoms with Crippen LogP contribution in [0.5, 0.6) is 0 Å². The van der Waals surface area contributed by atoms with Crippen molar-refractivity contribution >= 4 is 12.0 Å². The minimum atomic E-state index is -0.775. The second-order valence-electron chi connectivity index (χ2n) is 6.47. The molecule has 1 saturated heterocycles. The van der Waals surface area contributed by atoms with E-state index >= 15 is 0 Å². The Balaban J connectivity index is 1.70. The molecule has 1 aliphatic carbocycles. The molecular formula is C14H24N2O3. The van der Waals surface area contributed by atoms with E-state index in [4.69, 9.17) is 5.11 Å². The summed E-state index contributed by atoms with van der Waals surface area (Å²) in [6, 6.07) is -0.0398. The molecule has 5 heteroatoms. The molecular weight excluding hydrogens is 244 g/mol. The van der Waals surface area contributed by atoms with Gasteiger partial charge < -0.3 is 15.3 Å². The van der Waals surface area contributed by atoms with E-state index in [1.807, 2.05) is 0 Å². The van der Waals surface area contributed by atoms with E-state index < -0.39 is 5.97 Å². The topological polar surface area (TPSA) is 69.6 Å². The molecule has 2 rings (SSSR count). The monoisotopic (exact) mass is 268 g/mol. The van der Waals surface area contributed by atoms with Gasteiger partial charge in [0.15, 0.2) is 0 Å². The molecule has 0 aromatic rings. The van der Waals surface area contributed by atoms with Gasteiger partial charge in [0.2, 0.25) is 0 Å². The van der Waals surface area contributed by atoms with Crippen molar-refractivity contribution in [1.29, 1.82) is 0 Å². The Kier molecular flexibility index (Phi) is 4.02. The van der Waals surface area contributed by atoms with Crippen molar-refractivity contribution < 1.29 is 14.7 Å². The van der Waals surface area contributed by atoms with Crippen LogP contribution in [-0.2, 0) is 4.79 Å². The molecule has 1 saturated carbocycles. The van der Waals surface area contributed by atoms with E-state index in [-0.39, 0.29) is 23.3 Å². The fraction of sp³-hybridized carbons (Fsp3) is 0.857. The zero-order valence-corrected chi connectivity index (χ0v) is 11.8. The summed E-state index contributed by atoms with van der Waals surface area (Å²) in [5.74, 6) is -1.04. The van der Waals surface area contributed by atoms with Gasteiger partial charge in [-0.2, -0.15) is 0 Å². The molecule has 0 spiro atoms. The average Bonchev–Trinajstić information content (AvgIpc) is 2.72. The molecule has 2 amide bonds. The number of carbonyl (C=O) groups is 2. The molecule has 2 fully saturated rings. The van der Waals surface area contributed by atoms with E-state index in [1.165, 1.54) is 25.7 Å². The van der Waals surface area contributed by atoms with Gasteiger partial charge >= 0.3 is 12.0 Å². The first-order chi connectivity index (χ1) is 8.91. The minimum absolute atomic E-state index is 0.0398. The SMILES string of the molecule is CC(C(=O)O)C1CN(C(=O)NCC2(C)CCCC2)C1. The number of rotatable bonds is 4. The lowest BCUT2D eigenvalue weighted by Crippen LogP contribution is -2.57. The first kappa shape index (κ1) is 14.2. The van der Waals surface area contributed by atoms with Gasteiger partial charge in [0.05, 0.1) is 5.92 Å². The van der Waals surface area contributed by atoms with Crippen LogP contribution in [0.2, 0.25) is 0 Å². The number of carboxylic acid groups (broad SMARTS) is 1. The first-order valence-electron chi connectivity index (χ1n) is 7.17. The van der Waals surface area contributed by atoms with Gasteiger partial charge in [0.25, 0.3) is 0 Å². The summed E-state index contributed by atoms with van der Waals surface area (Å²) in [6.45, 7) is 5.81. The number of nitrogens with zero attached hydrogens (tertiary/aromatic N) is 1. The summed E-state index contributed by atoms with van der Waals surface area (Å²) in [5.41, 5.74) is 0.258. The third kappa shape index (κ3) is 3.19. The predicted molar refractivity (Wildman–Crippen MR) is 71.8 cm³/mol. The number of likely N-dealkylation sites (tertiary alicyclic amines) is 1. The van der Waals surface area contributed by atoms with E-state index in [0.29, 0.717) is 13.1 Å². The number of urea groups is 1.